The summed E-state index contributed by atoms with van der Waals surface area (Å²) >= 11 is 0. The van der Waals surface area contributed by atoms with E-state index in [0.29, 0.717) is 32.7 Å². The molecule has 1 atom stereocenters. The SMILES string of the molecule is CCC(CC)N1CC(C(=O)NCCNCCOC)CC1=O.Cl. The average molecular weight is 336 g/mol. The van der Waals surface area contributed by atoms with Gasteiger partial charge in [-0.15, -0.1) is 12.4 Å². The van der Waals surface area contributed by atoms with E-state index in [-0.39, 0.29) is 36.2 Å². The number of hydrogen-bond donors (Lipinski definition) is 2. The van der Waals surface area contributed by atoms with Crippen LogP contribution in [0.5, 0.6) is 0 Å². The Morgan fingerprint density at radius 3 is 2.59 bits per heavy atom. The van der Waals surface area contributed by atoms with Gasteiger partial charge < -0.3 is 20.3 Å². The van der Waals surface area contributed by atoms with Crippen molar-refractivity contribution in [3.8, 4) is 0 Å². The van der Waals surface area contributed by atoms with Gasteiger partial charge in [0, 0.05) is 45.8 Å². The van der Waals surface area contributed by atoms with Gasteiger partial charge in [-0.05, 0) is 12.8 Å². The minimum Gasteiger partial charge on any atom is -0.383 e. The second-order valence-corrected chi connectivity index (χ2v) is 5.45. The Kier molecular flexibility index (Phi) is 11.2. The summed E-state index contributed by atoms with van der Waals surface area (Å²) in [5.74, 6) is -0.0931. The van der Waals surface area contributed by atoms with Crippen LogP contribution in [-0.4, -0.2) is 62.7 Å². The van der Waals surface area contributed by atoms with Gasteiger partial charge in [0.15, 0.2) is 0 Å². The maximum atomic E-state index is 12.1. The number of nitrogens with one attached hydrogen (secondary N) is 2. The molecule has 7 heteroatoms. The molecular formula is C15H30ClN3O3. The number of carbonyl (C=O) groups is 2. The molecule has 1 aliphatic rings. The molecule has 0 radical (unpaired) electrons. The maximum absolute atomic E-state index is 12.1. The first-order chi connectivity index (χ1) is 10.1. The van der Waals surface area contributed by atoms with Crippen LogP contribution in [0.2, 0.25) is 0 Å². The minimum absolute atomic E-state index is 0. The number of likely N-dealkylation sites (tertiary alicyclic amines) is 1. The van der Waals surface area contributed by atoms with Gasteiger partial charge in [0.25, 0.3) is 0 Å². The van der Waals surface area contributed by atoms with Crippen molar-refractivity contribution in [3.05, 3.63) is 0 Å². The molecule has 2 amide bonds. The van der Waals surface area contributed by atoms with Crippen LogP contribution in [0.25, 0.3) is 0 Å². The first-order valence-electron chi connectivity index (χ1n) is 7.90. The second kappa shape index (κ2) is 11.7. The number of carbonyl (C=O) groups excluding carboxylic acids is 2. The van der Waals surface area contributed by atoms with Gasteiger partial charge >= 0.3 is 0 Å². The molecule has 0 aliphatic carbocycles. The highest BCUT2D eigenvalue weighted by Crippen LogP contribution is 2.22. The van der Waals surface area contributed by atoms with Crippen molar-refractivity contribution >= 4 is 24.2 Å². The molecule has 6 nitrogen and oxygen atoms in total. The summed E-state index contributed by atoms with van der Waals surface area (Å²) in [5.41, 5.74) is 0. The average Bonchev–Trinajstić information content (AvgIpc) is 2.86. The van der Waals surface area contributed by atoms with Crippen molar-refractivity contribution in [2.45, 2.75) is 39.2 Å². The smallest absolute Gasteiger partial charge is 0.225 e. The molecule has 1 unspecified atom stereocenters. The first-order valence-corrected chi connectivity index (χ1v) is 7.90. The summed E-state index contributed by atoms with van der Waals surface area (Å²) in [4.78, 5) is 26.0. The summed E-state index contributed by atoms with van der Waals surface area (Å²) in [5, 5.41) is 6.07. The normalized spacial score (nSPS) is 17.7. The number of nitrogens with zero attached hydrogens (tertiary/aromatic N) is 1. The lowest BCUT2D eigenvalue weighted by Crippen LogP contribution is -2.39. The molecule has 1 aliphatic heterocycles. The quantitative estimate of drug-likeness (QED) is 0.579. The summed E-state index contributed by atoms with van der Waals surface area (Å²) in [6.07, 6.45) is 2.24. The van der Waals surface area contributed by atoms with Crippen LogP contribution >= 0.6 is 12.4 Å². The van der Waals surface area contributed by atoms with E-state index in [1.165, 1.54) is 0 Å². The molecule has 0 spiro atoms. The Balaban J connectivity index is 0.00000441. The van der Waals surface area contributed by atoms with Crippen LogP contribution in [-0.2, 0) is 14.3 Å². The Bertz CT molecular complexity index is 338. The number of methoxy groups -OCH3 is 1. The largest absolute Gasteiger partial charge is 0.383 e. The highest BCUT2D eigenvalue weighted by Gasteiger charge is 2.36. The molecule has 0 aromatic heterocycles. The maximum Gasteiger partial charge on any atom is 0.225 e. The van der Waals surface area contributed by atoms with Gasteiger partial charge in [0.1, 0.15) is 0 Å². The third kappa shape index (κ3) is 6.50. The van der Waals surface area contributed by atoms with Crippen LogP contribution in [0.1, 0.15) is 33.1 Å². The third-order valence-electron chi connectivity index (χ3n) is 4.00. The van der Waals surface area contributed by atoms with Gasteiger partial charge in [-0.1, -0.05) is 13.8 Å². The summed E-state index contributed by atoms with van der Waals surface area (Å²) in [6, 6.07) is 0.269. The first kappa shape index (κ1) is 21.1. The van der Waals surface area contributed by atoms with Gasteiger partial charge in [0.2, 0.25) is 11.8 Å². The zero-order valence-corrected chi connectivity index (χ0v) is 14.7. The molecular weight excluding hydrogens is 306 g/mol. The van der Waals surface area contributed by atoms with Crippen molar-refractivity contribution in [3.63, 3.8) is 0 Å². The molecule has 2 N–H and O–H groups in total. The molecule has 0 bridgehead atoms. The van der Waals surface area contributed by atoms with Crippen molar-refractivity contribution in [2.75, 3.05) is 39.9 Å². The highest BCUT2D eigenvalue weighted by molar-refractivity contribution is 5.89. The number of halogens is 1. The van der Waals surface area contributed by atoms with E-state index in [1.54, 1.807) is 7.11 Å². The number of ether oxygens (including phenoxy) is 1. The van der Waals surface area contributed by atoms with Crippen LogP contribution in [0.4, 0.5) is 0 Å². The monoisotopic (exact) mass is 335 g/mol. The van der Waals surface area contributed by atoms with Crippen LogP contribution in [0, 0.1) is 5.92 Å². The number of hydrogen-bond acceptors (Lipinski definition) is 4. The molecule has 1 heterocycles. The Hall–Kier alpha value is -0.850. The lowest BCUT2D eigenvalue weighted by molar-refractivity contribution is -0.130. The lowest BCUT2D eigenvalue weighted by atomic mass is 10.1. The van der Waals surface area contributed by atoms with Crippen LogP contribution < -0.4 is 10.6 Å². The number of rotatable bonds is 10. The molecule has 1 saturated heterocycles. The summed E-state index contributed by atoms with van der Waals surface area (Å²) in [6.45, 7) is 7.46. The van der Waals surface area contributed by atoms with Crippen molar-refractivity contribution in [2.24, 2.45) is 5.92 Å². The van der Waals surface area contributed by atoms with Crippen molar-refractivity contribution in [1.82, 2.24) is 15.5 Å². The van der Waals surface area contributed by atoms with Gasteiger partial charge in [-0.3, -0.25) is 9.59 Å². The van der Waals surface area contributed by atoms with E-state index in [4.69, 9.17) is 4.74 Å². The van der Waals surface area contributed by atoms with E-state index in [0.717, 1.165) is 19.4 Å². The molecule has 0 saturated carbocycles. The fourth-order valence-corrected chi connectivity index (χ4v) is 2.71. The van der Waals surface area contributed by atoms with E-state index in [1.807, 2.05) is 4.90 Å². The molecule has 22 heavy (non-hydrogen) atoms. The molecule has 0 aromatic rings. The van der Waals surface area contributed by atoms with Gasteiger partial charge in [0.05, 0.1) is 12.5 Å². The number of amides is 2. The minimum atomic E-state index is -0.197. The zero-order chi connectivity index (χ0) is 15.7. The molecule has 130 valence electrons. The highest BCUT2D eigenvalue weighted by atomic mass is 35.5. The topological polar surface area (TPSA) is 70.7 Å². The van der Waals surface area contributed by atoms with Gasteiger partial charge in [-0.2, -0.15) is 0 Å². The lowest BCUT2D eigenvalue weighted by Gasteiger charge is -2.26. The third-order valence-corrected chi connectivity index (χ3v) is 4.00. The summed E-state index contributed by atoms with van der Waals surface area (Å²) < 4.78 is 4.93. The Morgan fingerprint density at radius 1 is 1.32 bits per heavy atom. The van der Waals surface area contributed by atoms with E-state index >= 15 is 0 Å². The Morgan fingerprint density at radius 2 is 2.00 bits per heavy atom. The van der Waals surface area contributed by atoms with E-state index in [2.05, 4.69) is 24.5 Å². The fraction of sp³-hybridized carbons (Fsp3) is 0.867. The zero-order valence-electron chi connectivity index (χ0n) is 13.9. The Labute approximate surface area is 139 Å². The van der Waals surface area contributed by atoms with Crippen molar-refractivity contribution in [1.29, 1.82) is 0 Å². The standard InChI is InChI=1S/C15H29N3O3.ClH/c1-4-13(5-2)18-11-12(10-14(18)19)15(20)17-7-6-16-8-9-21-3;/h12-13,16H,4-11H2,1-3H3,(H,17,20);1H. The molecule has 1 rings (SSSR count). The molecule has 1 fully saturated rings. The molecule has 0 aromatic carbocycles. The van der Waals surface area contributed by atoms with Crippen LogP contribution in [0.3, 0.4) is 0 Å². The fourth-order valence-electron chi connectivity index (χ4n) is 2.71. The van der Waals surface area contributed by atoms with E-state index < -0.39 is 0 Å². The van der Waals surface area contributed by atoms with Crippen LogP contribution in [0.15, 0.2) is 0 Å². The van der Waals surface area contributed by atoms with E-state index in [9.17, 15) is 9.59 Å². The second-order valence-electron chi connectivity index (χ2n) is 5.45. The predicted octanol–water partition coefficient (Wildman–Crippen LogP) is 0.798. The van der Waals surface area contributed by atoms with Gasteiger partial charge in [-0.25, -0.2) is 0 Å². The van der Waals surface area contributed by atoms with Crippen molar-refractivity contribution < 1.29 is 14.3 Å². The summed E-state index contributed by atoms with van der Waals surface area (Å²) in [7, 11) is 1.66. The predicted molar refractivity (Wildman–Crippen MR) is 89.2 cm³/mol.